The minimum atomic E-state index is -0.573. The van der Waals surface area contributed by atoms with Crippen LogP contribution in [0.3, 0.4) is 0 Å². The number of halogens is 3. The lowest BCUT2D eigenvalue weighted by Crippen LogP contribution is -2.15. The Bertz CT molecular complexity index is 672. The third-order valence-electron chi connectivity index (χ3n) is 2.92. The Morgan fingerprint density at radius 1 is 1.43 bits per heavy atom. The number of hydrogen-bond acceptors (Lipinski definition) is 4. The highest BCUT2D eigenvalue weighted by Gasteiger charge is 2.20. The first-order valence-corrected chi connectivity index (χ1v) is 6.93. The molecule has 3 N–H and O–H groups in total. The molecule has 0 amide bonds. The van der Waals surface area contributed by atoms with Gasteiger partial charge < -0.3 is 10.2 Å². The summed E-state index contributed by atoms with van der Waals surface area (Å²) in [5.41, 5.74) is 3.72. The van der Waals surface area contributed by atoms with Gasteiger partial charge in [-0.3, -0.25) is 0 Å². The second kappa shape index (κ2) is 6.51. The van der Waals surface area contributed by atoms with Crippen LogP contribution in [0.2, 0.25) is 10.0 Å². The highest BCUT2D eigenvalue weighted by molar-refractivity contribution is 6.36. The van der Waals surface area contributed by atoms with Crippen LogP contribution in [0.5, 0.6) is 5.75 Å². The second-order valence-electron chi connectivity index (χ2n) is 4.52. The lowest BCUT2D eigenvalue weighted by molar-refractivity contribution is 0.227. The SMILES string of the molecule is Bc1cnc(NN)c(OC(C)c2c(Cl)ccc(F)c2Cl)c1. The van der Waals surface area contributed by atoms with Crippen LogP contribution in [0.4, 0.5) is 10.2 Å². The van der Waals surface area contributed by atoms with Gasteiger partial charge in [-0.2, -0.15) is 0 Å². The highest BCUT2D eigenvalue weighted by atomic mass is 35.5. The van der Waals surface area contributed by atoms with Crippen LogP contribution in [0, 0.1) is 5.82 Å². The number of hydrazine groups is 1. The van der Waals surface area contributed by atoms with Crippen molar-refractivity contribution < 1.29 is 9.13 Å². The van der Waals surface area contributed by atoms with Gasteiger partial charge in [-0.1, -0.05) is 28.7 Å². The maximum absolute atomic E-state index is 13.6. The summed E-state index contributed by atoms with van der Waals surface area (Å²) in [6, 6.07) is 4.41. The van der Waals surface area contributed by atoms with E-state index in [0.717, 1.165) is 5.46 Å². The molecule has 110 valence electrons. The van der Waals surface area contributed by atoms with Gasteiger partial charge in [-0.05, 0) is 25.1 Å². The van der Waals surface area contributed by atoms with E-state index in [2.05, 4.69) is 10.4 Å². The molecule has 1 unspecified atom stereocenters. The largest absolute Gasteiger partial charge is 0.482 e. The first kappa shape index (κ1) is 15.9. The van der Waals surface area contributed by atoms with Gasteiger partial charge in [-0.15, -0.1) is 0 Å². The number of benzene rings is 1. The monoisotopic (exact) mass is 327 g/mol. The standard InChI is InChI=1S/C13H13BCl2FN3O/c1-6(11-8(15)2-3-9(17)12(11)16)21-10-4-7(14)5-19-13(10)20-18/h2-6H,14,18H2,1H3,(H,19,20). The van der Waals surface area contributed by atoms with E-state index in [4.69, 9.17) is 33.8 Å². The van der Waals surface area contributed by atoms with E-state index in [1.807, 2.05) is 7.85 Å². The molecule has 0 aliphatic carbocycles. The van der Waals surface area contributed by atoms with Crippen molar-refractivity contribution in [2.24, 2.45) is 5.84 Å². The van der Waals surface area contributed by atoms with E-state index in [-0.39, 0.29) is 5.02 Å². The Morgan fingerprint density at radius 3 is 2.81 bits per heavy atom. The Labute approximate surface area is 132 Å². The number of nitrogens with zero attached hydrogens (tertiary/aromatic N) is 1. The van der Waals surface area contributed by atoms with Crippen molar-refractivity contribution in [3.63, 3.8) is 0 Å². The molecule has 2 aromatic rings. The summed E-state index contributed by atoms with van der Waals surface area (Å²) in [4.78, 5) is 4.10. The number of aromatic nitrogens is 1. The molecule has 0 aliphatic heterocycles. The fraction of sp³-hybridized carbons (Fsp3) is 0.154. The molecule has 1 aromatic heterocycles. The zero-order valence-electron chi connectivity index (χ0n) is 11.5. The number of rotatable bonds is 4. The van der Waals surface area contributed by atoms with E-state index in [1.54, 1.807) is 19.2 Å². The number of ether oxygens (including phenoxy) is 1. The normalized spacial score (nSPS) is 12.0. The molecule has 1 heterocycles. The van der Waals surface area contributed by atoms with E-state index < -0.39 is 11.9 Å². The molecule has 8 heteroatoms. The van der Waals surface area contributed by atoms with Crippen molar-refractivity contribution in [2.45, 2.75) is 13.0 Å². The van der Waals surface area contributed by atoms with Gasteiger partial charge in [0.15, 0.2) is 11.6 Å². The summed E-state index contributed by atoms with van der Waals surface area (Å²) < 4.78 is 19.4. The molecule has 2 rings (SSSR count). The van der Waals surface area contributed by atoms with Crippen molar-refractivity contribution in [1.29, 1.82) is 0 Å². The average molecular weight is 328 g/mol. The van der Waals surface area contributed by atoms with Crippen molar-refractivity contribution in [1.82, 2.24) is 4.98 Å². The molecular formula is C13H13BCl2FN3O. The van der Waals surface area contributed by atoms with Gasteiger partial charge in [-0.25, -0.2) is 15.2 Å². The van der Waals surface area contributed by atoms with Crippen molar-refractivity contribution >= 4 is 42.3 Å². The zero-order valence-corrected chi connectivity index (χ0v) is 13.0. The summed E-state index contributed by atoms with van der Waals surface area (Å²) in [6.07, 6.45) is 1.07. The number of nitrogens with one attached hydrogen (secondary N) is 1. The molecule has 0 radical (unpaired) electrons. The van der Waals surface area contributed by atoms with Crippen molar-refractivity contribution in [3.8, 4) is 5.75 Å². The lowest BCUT2D eigenvalue weighted by atomic mass is 9.99. The van der Waals surface area contributed by atoms with Crippen LogP contribution in [0.1, 0.15) is 18.6 Å². The van der Waals surface area contributed by atoms with E-state index >= 15 is 0 Å². The zero-order chi connectivity index (χ0) is 15.6. The van der Waals surface area contributed by atoms with Crippen LogP contribution in [-0.4, -0.2) is 12.8 Å². The van der Waals surface area contributed by atoms with Gasteiger partial charge in [0.25, 0.3) is 0 Å². The molecule has 0 spiro atoms. The van der Waals surface area contributed by atoms with Crippen LogP contribution >= 0.6 is 23.2 Å². The fourth-order valence-corrected chi connectivity index (χ4v) is 2.58. The fourth-order valence-electron chi connectivity index (χ4n) is 1.91. The summed E-state index contributed by atoms with van der Waals surface area (Å²) >= 11 is 12.0. The van der Waals surface area contributed by atoms with E-state index in [0.29, 0.717) is 22.2 Å². The summed E-state index contributed by atoms with van der Waals surface area (Å²) in [6.45, 7) is 1.72. The van der Waals surface area contributed by atoms with Gasteiger partial charge in [0, 0.05) is 16.8 Å². The smallest absolute Gasteiger partial charge is 0.182 e. The van der Waals surface area contributed by atoms with Crippen molar-refractivity contribution in [2.75, 3.05) is 5.43 Å². The van der Waals surface area contributed by atoms with Gasteiger partial charge in [0.05, 0.1) is 5.02 Å². The molecule has 0 saturated heterocycles. The number of anilines is 1. The molecule has 21 heavy (non-hydrogen) atoms. The minimum Gasteiger partial charge on any atom is -0.482 e. The Balaban J connectivity index is 2.37. The topological polar surface area (TPSA) is 60.2 Å². The Hall–Kier alpha value is -1.50. The maximum Gasteiger partial charge on any atom is 0.182 e. The van der Waals surface area contributed by atoms with Gasteiger partial charge in [0.2, 0.25) is 0 Å². The predicted octanol–water partition coefficient (Wildman–Crippen LogP) is 2.21. The van der Waals surface area contributed by atoms with Gasteiger partial charge >= 0.3 is 0 Å². The van der Waals surface area contributed by atoms with E-state index in [1.165, 1.54) is 12.1 Å². The third kappa shape index (κ3) is 3.40. The quantitative estimate of drug-likeness (QED) is 0.391. The van der Waals surface area contributed by atoms with Crippen LogP contribution in [-0.2, 0) is 0 Å². The number of hydrogen-bond donors (Lipinski definition) is 2. The van der Waals surface area contributed by atoms with E-state index in [9.17, 15) is 4.39 Å². The Kier molecular flexibility index (Phi) is 4.93. The minimum absolute atomic E-state index is 0.0575. The molecule has 0 fully saturated rings. The molecular weight excluding hydrogens is 315 g/mol. The molecule has 0 aliphatic rings. The molecule has 0 bridgehead atoms. The lowest BCUT2D eigenvalue weighted by Gasteiger charge is -2.19. The second-order valence-corrected chi connectivity index (χ2v) is 5.31. The van der Waals surface area contributed by atoms with Crippen LogP contribution in [0.25, 0.3) is 0 Å². The summed E-state index contributed by atoms with van der Waals surface area (Å²) in [5.74, 6) is 5.65. The van der Waals surface area contributed by atoms with Crippen molar-refractivity contribution in [3.05, 3.63) is 45.8 Å². The third-order valence-corrected chi connectivity index (χ3v) is 3.63. The average Bonchev–Trinajstić information content (AvgIpc) is 2.43. The summed E-state index contributed by atoms with van der Waals surface area (Å²) in [7, 11) is 1.87. The first-order chi connectivity index (χ1) is 9.93. The van der Waals surface area contributed by atoms with Crippen LogP contribution < -0.4 is 21.5 Å². The molecule has 4 nitrogen and oxygen atoms in total. The number of pyridine rings is 1. The number of nitrogen functional groups attached to an aromatic ring is 1. The molecule has 1 atom stereocenters. The first-order valence-electron chi connectivity index (χ1n) is 6.17. The van der Waals surface area contributed by atoms with Gasteiger partial charge in [0.1, 0.15) is 19.8 Å². The maximum atomic E-state index is 13.6. The summed E-state index contributed by atoms with van der Waals surface area (Å²) in [5, 5.41) is 0.273. The number of nitrogens with two attached hydrogens (primary N) is 1. The Morgan fingerprint density at radius 2 is 2.14 bits per heavy atom. The molecule has 0 saturated carbocycles. The molecule has 1 aromatic carbocycles. The van der Waals surface area contributed by atoms with Crippen LogP contribution in [0.15, 0.2) is 24.4 Å². The highest BCUT2D eigenvalue weighted by Crippen LogP contribution is 2.35. The predicted molar refractivity (Wildman–Crippen MR) is 85.7 cm³/mol.